The number of nitrogens with zero attached hydrogens (tertiary/aromatic N) is 4. The first-order valence-corrected chi connectivity index (χ1v) is 10.2. The Kier molecular flexibility index (Phi) is 5.52. The second kappa shape index (κ2) is 8.13. The summed E-state index contributed by atoms with van der Waals surface area (Å²) in [6, 6.07) is 7.71. The van der Waals surface area contributed by atoms with Crippen molar-refractivity contribution >= 4 is 56.9 Å². The summed E-state index contributed by atoms with van der Waals surface area (Å²) in [4.78, 5) is 31.5. The molecule has 4 aromatic rings. The van der Waals surface area contributed by atoms with Crippen LogP contribution in [0.15, 0.2) is 42.7 Å². The molecule has 0 unspecified atom stereocenters. The lowest BCUT2D eigenvalue weighted by molar-refractivity contribution is -0.114. The summed E-state index contributed by atoms with van der Waals surface area (Å²) in [6.07, 6.45) is 3.33. The van der Waals surface area contributed by atoms with Gasteiger partial charge in [-0.05, 0) is 30.7 Å². The third kappa shape index (κ3) is 4.60. The fourth-order valence-electron chi connectivity index (χ4n) is 3.00. The summed E-state index contributed by atoms with van der Waals surface area (Å²) >= 11 is 1.04. The molecule has 0 saturated heterocycles. The van der Waals surface area contributed by atoms with Gasteiger partial charge in [0.2, 0.25) is 5.91 Å². The Morgan fingerprint density at radius 1 is 1.19 bits per heavy atom. The zero-order chi connectivity index (χ0) is 22.2. The Morgan fingerprint density at radius 3 is 2.74 bits per heavy atom. The van der Waals surface area contributed by atoms with Gasteiger partial charge in [0.25, 0.3) is 0 Å². The number of alkyl halides is 3. The minimum absolute atomic E-state index is 0.190. The minimum Gasteiger partial charge on any atom is -0.346 e. The number of halogens is 3. The molecule has 0 fully saturated rings. The number of carbonyl (C=O) groups excluding carboxylic acids is 1. The van der Waals surface area contributed by atoms with Crippen molar-refractivity contribution in [1.82, 2.24) is 24.9 Å². The highest BCUT2D eigenvalue weighted by Crippen LogP contribution is 2.35. The number of fused-ring (bicyclic) bond motifs is 1. The van der Waals surface area contributed by atoms with Gasteiger partial charge in [-0.15, -0.1) is 0 Å². The normalized spacial score (nSPS) is 11.5. The van der Waals surface area contributed by atoms with Gasteiger partial charge in [0.1, 0.15) is 28.7 Å². The van der Waals surface area contributed by atoms with Crippen LogP contribution in [-0.4, -0.2) is 30.8 Å². The van der Waals surface area contributed by atoms with Crippen LogP contribution in [0.4, 0.5) is 26.1 Å². The lowest BCUT2D eigenvalue weighted by Crippen LogP contribution is -2.08. The van der Waals surface area contributed by atoms with E-state index in [1.165, 1.54) is 19.1 Å². The highest BCUT2D eigenvalue weighted by atomic mass is 127. The minimum atomic E-state index is -3.11. The molecule has 0 atom stereocenters. The van der Waals surface area contributed by atoms with E-state index in [0.717, 1.165) is 33.5 Å². The van der Waals surface area contributed by atoms with E-state index in [-0.39, 0.29) is 23.1 Å². The molecule has 0 saturated carbocycles. The Labute approximate surface area is 189 Å². The van der Waals surface area contributed by atoms with Gasteiger partial charge in [0.15, 0.2) is 5.82 Å². The summed E-state index contributed by atoms with van der Waals surface area (Å²) in [5.74, 6) is 0.797. The zero-order valence-electron chi connectivity index (χ0n) is 16.4. The van der Waals surface area contributed by atoms with E-state index in [1.54, 1.807) is 30.6 Å². The van der Waals surface area contributed by atoms with Crippen LogP contribution < -0.4 is 10.6 Å². The molecule has 3 N–H and O–H groups in total. The SMILES string of the molecule is CC(=O)Nc1cc(Nc2nc(-c3cccc(C(F)(F)I)n3)nc3[nH]cc(C)c23)ccn1. The monoisotopic (exact) mass is 535 g/mol. The van der Waals surface area contributed by atoms with Crippen molar-refractivity contribution in [2.75, 3.05) is 10.6 Å². The lowest BCUT2D eigenvalue weighted by Gasteiger charge is -2.12. The summed E-state index contributed by atoms with van der Waals surface area (Å²) in [6.45, 7) is 3.30. The van der Waals surface area contributed by atoms with Gasteiger partial charge >= 0.3 is 3.93 Å². The number of nitrogens with one attached hydrogen (secondary N) is 3. The highest BCUT2D eigenvalue weighted by Gasteiger charge is 2.29. The van der Waals surface area contributed by atoms with E-state index in [4.69, 9.17) is 0 Å². The van der Waals surface area contributed by atoms with E-state index < -0.39 is 3.93 Å². The van der Waals surface area contributed by atoms with Crippen molar-refractivity contribution in [2.24, 2.45) is 0 Å². The van der Waals surface area contributed by atoms with Crippen molar-refractivity contribution in [3.05, 3.63) is 54.0 Å². The molecular weight excluding hydrogens is 519 g/mol. The van der Waals surface area contributed by atoms with E-state index >= 15 is 0 Å². The van der Waals surface area contributed by atoms with Crippen molar-refractivity contribution < 1.29 is 13.6 Å². The average Bonchev–Trinajstić information content (AvgIpc) is 3.08. The van der Waals surface area contributed by atoms with Gasteiger partial charge in [0.05, 0.1) is 5.39 Å². The number of rotatable bonds is 5. The Morgan fingerprint density at radius 2 is 2.00 bits per heavy atom. The van der Waals surface area contributed by atoms with E-state index in [0.29, 0.717) is 23.0 Å². The second-order valence-electron chi connectivity index (χ2n) is 6.73. The van der Waals surface area contributed by atoms with Gasteiger partial charge in [0, 0.05) is 53.7 Å². The van der Waals surface area contributed by atoms with Gasteiger partial charge in [-0.2, -0.15) is 8.78 Å². The number of aryl methyl sites for hydroxylation is 1. The van der Waals surface area contributed by atoms with Crippen molar-refractivity contribution in [3.63, 3.8) is 0 Å². The first kappa shape index (κ1) is 21.0. The molecule has 0 bridgehead atoms. The number of anilines is 3. The van der Waals surface area contributed by atoms with Crippen LogP contribution in [0.1, 0.15) is 18.2 Å². The van der Waals surface area contributed by atoms with Gasteiger partial charge < -0.3 is 15.6 Å². The van der Waals surface area contributed by atoms with Crippen LogP contribution in [0.3, 0.4) is 0 Å². The molecule has 158 valence electrons. The van der Waals surface area contributed by atoms with E-state index in [2.05, 4.69) is 35.6 Å². The first-order chi connectivity index (χ1) is 14.7. The summed E-state index contributed by atoms with van der Waals surface area (Å²) < 4.78 is 24.3. The lowest BCUT2D eigenvalue weighted by atomic mass is 10.2. The largest absolute Gasteiger partial charge is 0.346 e. The molecule has 0 radical (unpaired) electrons. The molecule has 31 heavy (non-hydrogen) atoms. The Balaban J connectivity index is 1.79. The standard InChI is InChI=1S/C20H16F2IN7O/c1-10-9-25-18-16(10)19(27-12-6-7-24-15(8-12)26-11(2)31)30-17(29-18)13-4-3-5-14(28-13)20(21,22)23/h3-9H,1-2H3,(H3,24,25,26,27,29,30,31). The summed E-state index contributed by atoms with van der Waals surface area (Å²) in [7, 11) is 0. The number of hydrogen-bond donors (Lipinski definition) is 3. The number of amides is 1. The summed E-state index contributed by atoms with van der Waals surface area (Å²) in [5.41, 5.74) is 1.92. The number of H-pyrrole nitrogens is 1. The highest BCUT2D eigenvalue weighted by molar-refractivity contribution is 14.1. The molecule has 4 aromatic heterocycles. The maximum atomic E-state index is 13.7. The van der Waals surface area contributed by atoms with E-state index in [9.17, 15) is 13.6 Å². The number of carbonyl (C=O) groups is 1. The molecule has 0 spiro atoms. The van der Waals surface area contributed by atoms with Crippen LogP contribution in [0.2, 0.25) is 0 Å². The first-order valence-electron chi connectivity index (χ1n) is 9.12. The molecule has 0 aliphatic carbocycles. The predicted molar refractivity (Wildman–Crippen MR) is 122 cm³/mol. The topological polar surface area (TPSA) is 108 Å². The van der Waals surface area contributed by atoms with E-state index in [1.807, 2.05) is 6.92 Å². The zero-order valence-corrected chi connectivity index (χ0v) is 18.5. The van der Waals surface area contributed by atoms with Crippen LogP contribution in [0.5, 0.6) is 0 Å². The molecule has 8 nitrogen and oxygen atoms in total. The Bertz CT molecular complexity index is 1290. The second-order valence-corrected chi connectivity index (χ2v) is 8.09. The molecule has 4 heterocycles. The van der Waals surface area contributed by atoms with Crippen molar-refractivity contribution in [3.8, 4) is 11.5 Å². The molecule has 11 heteroatoms. The molecule has 1 amide bonds. The number of aromatic nitrogens is 5. The number of pyridine rings is 2. The fourth-order valence-corrected chi connectivity index (χ4v) is 3.30. The van der Waals surface area contributed by atoms with Gasteiger partial charge in [-0.1, -0.05) is 6.07 Å². The van der Waals surface area contributed by atoms with Crippen LogP contribution >= 0.6 is 22.6 Å². The molecule has 0 aliphatic rings. The quantitative estimate of drug-likeness (QED) is 0.248. The third-order valence-corrected chi connectivity index (χ3v) is 4.88. The molecule has 0 aliphatic heterocycles. The predicted octanol–water partition coefficient (Wildman–Crippen LogP) is 4.91. The molecule has 4 rings (SSSR count). The van der Waals surface area contributed by atoms with Crippen LogP contribution in [0, 0.1) is 6.92 Å². The number of hydrogen-bond acceptors (Lipinski definition) is 6. The summed E-state index contributed by atoms with van der Waals surface area (Å²) in [5, 5.41) is 6.57. The van der Waals surface area contributed by atoms with Crippen molar-refractivity contribution in [2.45, 2.75) is 17.8 Å². The smallest absolute Gasteiger partial charge is 0.337 e. The average molecular weight is 535 g/mol. The third-order valence-electron chi connectivity index (χ3n) is 4.32. The van der Waals surface area contributed by atoms with Crippen LogP contribution in [-0.2, 0) is 8.72 Å². The van der Waals surface area contributed by atoms with Crippen LogP contribution in [0.25, 0.3) is 22.6 Å². The number of aromatic amines is 1. The fraction of sp³-hybridized carbons (Fsp3) is 0.150. The maximum Gasteiger partial charge on any atom is 0.337 e. The van der Waals surface area contributed by atoms with Gasteiger partial charge in [-0.25, -0.2) is 19.9 Å². The Hall–Kier alpha value is -3.22. The maximum absolute atomic E-state index is 13.7. The molecule has 0 aromatic carbocycles. The van der Waals surface area contributed by atoms with Gasteiger partial charge in [-0.3, -0.25) is 4.79 Å². The molecular formula is C20H16F2IN7O. The van der Waals surface area contributed by atoms with Crippen molar-refractivity contribution in [1.29, 1.82) is 0 Å².